The Hall–Kier alpha value is -1.16. The number of anilines is 1. The number of rotatable bonds is 3. The van der Waals surface area contributed by atoms with Crippen LogP contribution in [0.5, 0.6) is 0 Å². The molecule has 2 rings (SSSR count). The zero-order chi connectivity index (χ0) is 12.4. The molecule has 17 heavy (non-hydrogen) atoms. The highest BCUT2D eigenvalue weighted by atomic mass is 32.1. The van der Waals surface area contributed by atoms with Crippen LogP contribution in [0.1, 0.15) is 31.7 Å². The van der Waals surface area contributed by atoms with Crippen molar-refractivity contribution in [1.82, 2.24) is 0 Å². The van der Waals surface area contributed by atoms with Gasteiger partial charge in [0.2, 0.25) is 0 Å². The number of halogens is 1. The third-order valence-electron chi connectivity index (χ3n) is 3.31. The van der Waals surface area contributed by atoms with Crippen molar-refractivity contribution >= 4 is 22.9 Å². The average Bonchev–Trinajstić information content (AvgIpc) is 2.63. The minimum atomic E-state index is -0.353. The Morgan fingerprint density at radius 3 is 2.82 bits per heavy atom. The molecule has 0 amide bonds. The normalized spacial score (nSPS) is 23.6. The Morgan fingerprint density at radius 2 is 2.24 bits per heavy atom. The van der Waals surface area contributed by atoms with E-state index in [1.54, 1.807) is 6.07 Å². The Morgan fingerprint density at radius 1 is 1.47 bits per heavy atom. The lowest BCUT2D eigenvalue weighted by atomic mass is 10.1. The van der Waals surface area contributed by atoms with Gasteiger partial charge in [-0.15, -0.1) is 0 Å². The van der Waals surface area contributed by atoms with Crippen LogP contribution in [-0.2, 0) is 0 Å². The Kier molecular flexibility index (Phi) is 3.62. The van der Waals surface area contributed by atoms with Gasteiger partial charge in [-0.05, 0) is 37.3 Å². The number of hydrogen-bond acceptors (Lipinski definition) is 2. The van der Waals surface area contributed by atoms with Crippen molar-refractivity contribution in [2.75, 3.05) is 5.32 Å². The maximum atomic E-state index is 13.6. The summed E-state index contributed by atoms with van der Waals surface area (Å²) in [7, 11) is 0. The fraction of sp³-hybridized carbons (Fsp3) is 0.462. The summed E-state index contributed by atoms with van der Waals surface area (Å²) in [5.41, 5.74) is 6.62. The van der Waals surface area contributed by atoms with Gasteiger partial charge in [-0.25, -0.2) is 4.39 Å². The SMILES string of the molecule is CC1CCC(Nc2cccc(F)c2C(N)=S)C1. The maximum absolute atomic E-state index is 13.6. The molecule has 2 nitrogen and oxygen atoms in total. The van der Waals surface area contributed by atoms with Crippen LogP contribution in [0, 0.1) is 11.7 Å². The zero-order valence-electron chi connectivity index (χ0n) is 9.87. The topological polar surface area (TPSA) is 38.0 Å². The molecule has 1 aromatic rings. The van der Waals surface area contributed by atoms with E-state index in [2.05, 4.69) is 12.2 Å². The highest BCUT2D eigenvalue weighted by Gasteiger charge is 2.22. The molecule has 2 atom stereocenters. The number of benzene rings is 1. The van der Waals surface area contributed by atoms with E-state index in [1.807, 2.05) is 6.07 Å². The summed E-state index contributed by atoms with van der Waals surface area (Å²) in [4.78, 5) is 0.108. The fourth-order valence-electron chi connectivity index (χ4n) is 2.45. The molecular weight excluding hydrogens is 235 g/mol. The number of nitrogens with two attached hydrogens (primary N) is 1. The minimum absolute atomic E-state index is 0.108. The molecule has 1 aliphatic carbocycles. The molecule has 0 aliphatic heterocycles. The van der Waals surface area contributed by atoms with Gasteiger partial charge in [-0.3, -0.25) is 0 Å². The highest BCUT2D eigenvalue weighted by Crippen LogP contribution is 2.29. The standard InChI is InChI=1S/C13H17FN2S/c1-8-5-6-9(7-8)16-11-4-2-3-10(14)12(11)13(15)17/h2-4,8-9,16H,5-7H2,1H3,(H2,15,17). The van der Waals surface area contributed by atoms with Gasteiger partial charge in [0.25, 0.3) is 0 Å². The summed E-state index contributed by atoms with van der Waals surface area (Å²) in [6, 6.07) is 5.30. The summed E-state index contributed by atoms with van der Waals surface area (Å²) < 4.78 is 13.6. The molecule has 0 heterocycles. The maximum Gasteiger partial charge on any atom is 0.135 e. The predicted octanol–water partition coefficient (Wildman–Crippen LogP) is 3.06. The first-order valence-electron chi connectivity index (χ1n) is 5.92. The second-order valence-corrected chi connectivity index (χ2v) is 5.23. The minimum Gasteiger partial charge on any atom is -0.389 e. The van der Waals surface area contributed by atoms with Gasteiger partial charge in [0.05, 0.1) is 5.56 Å². The van der Waals surface area contributed by atoms with Gasteiger partial charge >= 0.3 is 0 Å². The lowest BCUT2D eigenvalue weighted by molar-refractivity contribution is 0.602. The highest BCUT2D eigenvalue weighted by molar-refractivity contribution is 7.80. The summed E-state index contributed by atoms with van der Waals surface area (Å²) in [5.74, 6) is 0.378. The molecule has 0 radical (unpaired) electrons. The van der Waals surface area contributed by atoms with E-state index in [1.165, 1.54) is 12.5 Å². The van der Waals surface area contributed by atoms with Crippen molar-refractivity contribution < 1.29 is 4.39 Å². The average molecular weight is 252 g/mol. The number of nitrogens with one attached hydrogen (secondary N) is 1. The summed E-state index contributed by atoms with van der Waals surface area (Å²) >= 11 is 4.90. The van der Waals surface area contributed by atoms with Crippen LogP contribution in [0.4, 0.5) is 10.1 Å². The van der Waals surface area contributed by atoms with Gasteiger partial charge in [0.1, 0.15) is 10.8 Å². The van der Waals surface area contributed by atoms with Crippen molar-refractivity contribution in [3.8, 4) is 0 Å². The van der Waals surface area contributed by atoms with Crippen LogP contribution in [-0.4, -0.2) is 11.0 Å². The molecular formula is C13H17FN2S. The van der Waals surface area contributed by atoms with Gasteiger partial charge < -0.3 is 11.1 Å². The van der Waals surface area contributed by atoms with Crippen molar-refractivity contribution in [1.29, 1.82) is 0 Å². The molecule has 1 saturated carbocycles. The number of hydrogen-bond donors (Lipinski definition) is 2. The van der Waals surface area contributed by atoms with Gasteiger partial charge in [-0.2, -0.15) is 0 Å². The van der Waals surface area contributed by atoms with Crippen LogP contribution < -0.4 is 11.1 Å². The van der Waals surface area contributed by atoms with Crippen molar-refractivity contribution in [3.05, 3.63) is 29.6 Å². The third-order valence-corrected chi connectivity index (χ3v) is 3.52. The van der Waals surface area contributed by atoms with E-state index in [4.69, 9.17) is 18.0 Å². The van der Waals surface area contributed by atoms with Crippen LogP contribution >= 0.6 is 12.2 Å². The van der Waals surface area contributed by atoms with Crippen LogP contribution in [0.2, 0.25) is 0 Å². The monoisotopic (exact) mass is 252 g/mol. The van der Waals surface area contributed by atoms with Crippen molar-refractivity contribution in [2.45, 2.75) is 32.2 Å². The molecule has 1 fully saturated rings. The molecule has 1 aliphatic rings. The van der Waals surface area contributed by atoms with Crippen molar-refractivity contribution in [3.63, 3.8) is 0 Å². The molecule has 0 bridgehead atoms. The third kappa shape index (κ3) is 2.75. The first-order valence-corrected chi connectivity index (χ1v) is 6.33. The van der Waals surface area contributed by atoms with E-state index < -0.39 is 0 Å². The van der Waals surface area contributed by atoms with Crippen LogP contribution in [0.25, 0.3) is 0 Å². The van der Waals surface area contributed by atoms with Gasteiger partial charge in [-0.1, -0.05) is 25.2 Å². The van der Waals surface area contributed by atoms with Gasteiger partial charge in [0.15, 0.2) is 0 Å². The first-order chi connectivity index (χ1) is 8.08. The Labute approximate surface area is 106 Å². The molecule has 0 saturated heterocycles. The lowest BCUT2D eigenvalue weighted by Crippen LogP contribution is -2.20. The van der Waals surface area contributed by atoms with Crippen LogP contribution in [0.3, 0.4) is 0 Å². The van der Waals surface area contributed by atoms with Gasteiger partial charge in [0, 0.05) is 11.7 Å². The summed E-state index contributed by atoms with van der Waals surface area (Å²) in [5, 5.41) is 3.35. The molecule has 0 spiro atoms. The van der Waals surface area contributed by atoms with E-state index in [9.17, 15) is 4.39 Å². The van der Waals surface area contributed by atoms with E-state index >= 15 is 0 Å². The summed E-state index contributed by atoms with van der Waals surface area (Å²) in [6.45, 7) is 2.24. The predicted molar refractivity (Wildman–Crippen MR) is 72.7 cm³/mol. The van der Waals surface area contributed by atoms with E-state index in [0.717, 1.165) is 24.4 Å². The Bertz CT molecular complexity index is 433. The second-order valence-electron chi connectivity index (χ2n) is 4.79. The molecule has 0 aromatic heterocycles. The molecule has 1 aromatic carbocycles. The second kappa shape index (κ2) is 5.00. The largest absolute Gasteiger partial charge is 0.389 e. The van der Waals surface area contributed by atoms with Crippen LogP contribution in [0.15, 0.2) is 18.2 Å². The molecule has 2 unspecified atom stereocenters. The molecule has 92 valence electrons. The fourth-order valence-corrected chi connectivity index (χ4v) is 2.66. The quantitative estimate of drug-likeness (QED) is 0.812. The number of thiocarbonyl (C=S) groups is 1. The summed E-state index contributed by atoms with van der Waals surface area (Å²) in [6.07, 6.45) is 3.46. The Balaban J connectivity index is 2.20. The zero-order valence-corrected chi connectivity index (χ0v) is 10.7. The first kappa shape index (κ1) is 12.3. The van der Waals surface area contributed by atoms with Crippen molar-refractivity contribution in [2.24, 2.45) is 11.7 Å². The van der Waals surface area contributed by atoms with E-state index in [-0.39, 0.29) is 10.8 Å². The lowest BCUT2D eigenvalue weighted by Gasteiger charge is -2.17. The molecule has 3 N–H and O–H groups in total. The molecule has 4 heteroatoms. The smallest absolute Gasteiger partial charge is 0.135 e. The van der Waals surface area contributed by atoms with E-state index in [0.29, 0.717) is 11.6 Å².